The van der Waals surface area contributed by atoms with Gasteiger partial charge in [-0.25, -0.2) is 8.42 Å². The van der Waals surface area contributed by atoms with E-state index >= 15 is 0 Å². The van der Waals surface area contributed by atoms with Gasteiger partial charge in [-0.2, -0.15) is 0 Å². The molecule has 3 rings (SSSR count). The molecule has 0 bridgehead atoms. The van der Waals surface area contributed by atoms with Crippen LogP contribution in [0.4, 0.5) is 5.69 Å². The molecular weight excluding hydrogens is 557 g/mol. The predicted molar refractivity (Wildman–Crippen MR) is 159 cm³/mol. The summed E-state index contributed by atoms with van der Waals surface area (Å²) in [4.78, 5) is 28.8. The summed E-state index contributed by atoms with van der Waals surface area (Å²) < 4.78 is 26.8. The molecule has 1 saturated carbocycles. The van der Waals surface area contributed by atoms with Crippen LogP contribution in [0.25, 0.3) is 0 Å². The Bertz CT molecular complexity index is 1250. The molecule has 0 aliphatic heterocycles. The summed E-state index contributed by atoms with van der Waals surface area (Å²) in [6.07, 6.45) is 6.53. The van der Waals surface area contributed by atoms with Crippen molar-refractivity contribution in [1.29, 1.82) is 0 Å². The van der Waals surface area contributed by atoms with Gasteiger partial charge in [0.25, 0.3) is 0 Å². The molecule has 0 spiro atoms. The van der Waals surface area contributed by atoms with Gasteiger partial charge in [0.2, 0.25) is 21.8 Å². The van der Waals surface area contributed by atoms with Crippen molar-refractivity contribution in [3.8, 4) is 0 Å². The fourth-order valence-corrected chi connectivity index (χ4v) is 6.25. The second-order valence-electron chi connectivity index (χ2n) is 10.5. The second kappa shape index (κ2) is 13.9. The average Bonchev–Trinajstić information content (AvgIpc) is 2.88. The normalized spacial score (nSPS) is 15.2. The van der Waals surface area contributed by atoms with Gasteiger partial charge in [0, 0.05) is 22.6 Å². The number of hydrogen-bond donors (Lipinski definition) is 1. The van der Waals surface area contributed by atoms with Gasteiger partial charge in [0.15, 0.2) is 0 Å². The van der Waals surface area contributed by atoms with E-state index in [-0.39, 0.29) is 24.4 Å². The number of carbonyl (C=O) groups is 2. The zero-order chi connectivity index (χ0) is 28.7. The topological polar surface area (TPSA) is 86.8 Å². The minimum atomic E-state index is -3.80. The number of amides is 2. The van der Waals surface area contributed by atoms with Crippen LogP contribution in [-0.4, -0.2) is 50.0 Å². The van der Waals surface area contributed by atoms with E-state index in [1.807, 2.05) is 19.1 Å². The summed E-state index contributed by atoms with van der Waals surface area (Å²) in [7, 11) is -3.80. The largest absolute Gasteiger partial charge is 0.352 e. The molecule has 39 heavy (non-hydrogen) atoms. The van der Waals surface area contributed by atoms with Gasteiger partial charge in [-0.15, -0.1) is 0 Å². The van der Waals surface area contributed by atoms with Gasteiger partial charge < -0.3 is 10.2 Å². The summed E-state index contributed by atoms with van der Waals surface area (Å²) in [6.45, 7) is 5.53. The van der Waals surface area contributed by atoms with E-state index < -0.39 is 28.5 Å². The molecule has 1 aliphatic carbocycles. The lowest BCUT2D eigenvalue weighted by molar-refractivity contribution is -0.140. The van der Waals surface area contributed by atoms with E-state index in [1.54, 1.807) is 30.3 Å². The number of benzene rings is 2. The Morgan fingerprint density at radius 2 is 1.67 bits per heavy atom. The highest BCUT2D eigenvalue weighted by molar-refractivity contribution is 7.92. The second-order valence-corrected chi connectivity index (χ2v) is 13.3. The van der Waals surface area contributed by atoms with Crippen molar-refractivity contribution in [3.05, 3.63) is 63.6 Å². The van der Waals surface area contributed by atoms with E-state index in [9.17, 15) is 18.0 Å². The Morgan fingerprint density at radius 1 is 1.03 bits per heavy atom. The maximum Gasteiger partial charge on any atom is 0.244 e. The summed E-state index contributed by atoms with van der Waals surface area (Å²) in [6, 6.07) is 11.4. The number of nitrogens with one attached hydrogen (secondary N) is 1. The first-order valence-corrected chi connectivity index (χ1v) is 16.1. The molecule has 1 atom stereocenters. The van der Waals surface area contributed by atoms with Crippen molar-refractivity contribution in [2.75, 3.05) is 17.1 Å². The van der Waals surface area contributed by atoms with Crippen LogP contribution in [0.1, 0.15) is 76.3 Å². The molecule has 2 aromatic rings. The molecule has 1 aliphatic rings. The predicted octanol–water partition coefficient (Wildman–Crippen LogP) is 6.14. The van der Waals surface area contributed by atoms with Gasteiger partial charge in [0.05, 0.1) is 11.9 Å². The Kier molecular flexibility index (Phi) is 11.1. The standard InChI is InChI=1S/C29H39Cl2N3O4S/c1-5-27(29(36)32-24-9-7-6-8-10-24)33(18-22-11-14-23(30)17-26(22)31)28(35)19-34(39(4,37)38)25-15-12-21(13-16-25)20(2)3/h11-17,20,24,27H,5-10,18-19H2,1-4H3,(H,32,36). The van der Waals surface area contributed by atoms with Crippen molar-refractivity contribution in [2.45, 2.75) is 83.8 Å². The van der Waals surface area contributed by atoms with E-state index in [1.165, 1.54) is 4.90 Å². The fourth-order valence-electron chi connectivity index (χ4n) is 4.94. The minimum Gasteiger partial charge on any atom is -0.352 e. The fraction of sp³-hybridized carbons (Fsp3) is 0.517. The van der Waals surface area contributed by atoms with Crippen molar-refractivity contribution in [1.82, 2.24) is 10.2 Å². The van der Waals surface area contributed by atoms with Crippen LogP contribution in [0.5, 0.6) is 0 Å². The first-order chi connectivity index (χ1) is 18.4. The van der Waals surface area contributed by atoms with Gasteiger partial charge in [-0.05, 0) is 60.6 Å². The van der Waals surface area contributed by atoms with Crippen molar-refractivity contribution in [2.24, 2.45) is 0 Å². The highest BCUT2D eigenvalue weighted by atomic mass is 35.5. The smallest absolute Gasteiger partial charge is 0.244 e. The molecule has 0 aromatic heterocycles. The lowest BCUT2D eigenvalue weighted by atomic mass is 9.95. The molecular formula is C29H39Cl2N3O4S. The lowest BCUT2D eigenvalue weighted by Crippen LogP contribution is -2.54. The molecule has 1 unspecified atom stereocenters. The summed E-state index contributed by atoms with van der Waals surface area (Å²) >= 11 is 12.5. The molecule has 1 fully saturated rings. The molecule has 2 aromatic carbocycles. The lowest BCUT2D eigenvalue weighted by Gasteiger charge is -2.34. The molecule has 214 valence electrons. The Labute approximate surface area is 242 Å². The number of sulfonamides is 1. The Balaban J connectivity index is 1.94. The first-order valence-electron chi connectivity index (χ1n) is 13.5. The summed E-state index contributed by atoms with van der Waals surface area (Å²) in [5.41, 5.74) is 2.06. The van der Waals surface area contributed by atoms with Crippen LogP contribution < -0.4 is 9.62 Å². The maximum absolute atomic E-state index is 13.9. The highest BCUT2D eigenvalue weighted by Crippen LogP contribution is 2.26. The first kappa shape index (κ1) is 31.2. The number of rotatable bonds is 11. The van der Waals surface area contributed by atoms with E-state index in [2.05, 4.69) is 19.2 Å². The molecule has 0 saturated heterocycles. The van der Waals surface area contributed by atoms with Gasteiger partial charge in [-0.3, -0.25) is 13.9 Å². The van der Waals surface area contributed by atoms with Crippen molar-refractivity contribution >= 4 is 50.7 Å². The number of anilines is 1. The highest BCUT2D eigenvalue weighted by Gasteiger charge is 2.33. The zero-order valence-electron chi connectivity index (χ0n) is 23.1. The Hall–Kier alpha value is -2.29. The monoisotopic (exact) mass is 595 g/mol. The third-order valence-corrected chi connectivity index (χ3v) is 8.95. The van der Waals surface area contributed by atoms with Crippen LogP contribution in [0, 0.1) is 0 Å². The number of halogens is 2. The summed E-state index contributed by atoms with van der Waals surface area (Å²) in [5.74, 6) is -0.458. The molecule has 0 heterocycles. The van der Waals surface area contributed by atoms with Crippen LogP contribution in [0.2, 0.25) is 10.0 Å². The van der Waals surface area contributed by atoms with E-state index in [0.717, 1.165) is 48.2 Å². The molecule has 2 amide bonds. The molecule has 1 N–H and O–H groups in total. The quantitative estimate of drug-likeness (QED) is 0.338. The van der Waals surface area contributed by atoms with Gasteiger partial charge in [-0.1, -0.05) is 81.4 Å². The summed E-state index contributed by atoms with van der Waals surface area (Å²) in [5, 5.41) is 3.95. The van der Waals surface area contributed by atoms with E-state index in [0.29, 0.717) is 27.7 Å². The van der Waals surface area contributed by atoms with Crippen LogP contribution in [0.15, 0.2) is 42.5 Å². The average molecular weight is 597 g/mol. The van der Waals surface area contributed by atoms with Gasteiger partial charge >= 0.3 is 0 Å². The number of carbonyl (C=O) groups excluding carboxylic acids is 2. The molecule has 0 radical (unpaired) electrons. The third kappa shape index (κ3) is 8.60. The van der Waals surface area contributed by atoms with Crippen LogP contribution >= 0.6 is 23.2 Å². The van der Waals surface area contributed by atoms with Crippen molar-refractivity contribution < 1.29 is 18.0 Å². The van der Waals surface area contributed by atoms with Gasteiger partial charge in [0.1, 0.15) is 12.6 Å². The maximum atomic E-state index is 13.9. The van der Waals surface area contributed by atoms with E-state index in [4.69, 9.17) is 23.2 Å². The SMILES string of the molecule is CCC(C(=O)NC1CCCCC1)N(Cc1ccc(Cl)cc1Cl)C(=O)CN(c1ccc(C(C)C)cc1)S(C)(=O)=O. The van der Waals surface area contributed by atoms with Crippen LogP contribution in [0.3, 0.4) is 0 Å². The zero-order valence-corrected chi connectivity index (χ0v) is 25.5. The number of nitrogens with zero attached hydrogens (tertiary/aromatic N) is 2. The van der Waals surface area contributed by atoms with Crippen molar-refractivity contribution in [3.63, 3.8) is 0 Å². The third-order valence-electron chi connectivity index (χ3n) is 7.22. The molecule has 10 heteroatoms. The Morgan fingerprint density at radius 3 is 2.21 bits per heavy atom. The molecule has 7 nitrogen and oxygen atoms in total. The van der Waals surface area contributed by atoms with Crippen LogP contribution in [-0.2, 0) is 26.2 Å². The minimum absolute atomic E-state index is 0.0370. The number of hydrogen-bond acceptors (Lipinski definition) is 4.